The first-order valence-electron chi connectivity index (χ1n) is 7.98. The third-order valence-electron chi connectivity index (χ3n) is 4.49. The van der Waals surface area contributed by atoms with Gasteiger partial charge in [-0.1, -0.05) is 49.6 Å². The Morgan fingerprint density at radius 2 is 1.76 bits per heavy atom. The lowest BCUT2D eigenvalue weighted by Gasteiger charge is -2.36. The first kappa shape index (κ1) is 14.1. The van der Waals surface area contributed by atoms with Crippen molar-refractivity contribution in [2.75, 3.05) is 0 Å². The molecule has 1 amide bonds. The Labute approximate surface area is 126 Å². The first-order valence-corrected chi connectivity index (χ1v) is 7.98. The van der Waals surface area contributed by atoms with Crippen molar-refractivity contribution in [3.05, 3.63) is 35.9 Å². The van der Waals surface area contributed by atoms with Crippen molar-refractivity contribution in [2.24, 2.45) is 4.99 Å². The molecule has 21 heavy (non-hydrogen) atoms. The largest absolute Gasteiger partial charge is 0.286 e. The van der Waals surface area contributed by atoms with Crippen LogP contribution >= 0.6 is 0 Å². The van der Waals surface area contributed by atoms with Crippen molar-refractivity contribution in [3.8, 4) is 0 Å². The molecule has 1 aliphatic heterocycles. The van der Waals surface area contributed by atoms with Crippen LogP contribution in [0.15, 0.2) is 35.3 Å². The van der Waals surface area contributed by atoms with E-state index >= 15 is 0 Å². The fourth-order valence-corrected chi connectivity index (χ4v) is 3.28. The predicted molar refractivity (Wildman–Crippen MR) is 83.9 cm³/mol. The van der Waals surface area contributed by atoms with Gasteiger partial charge in [0.25, 0.3) is 5.91 Å². The minimum atomic E-state index is -0.481. The van der Waals surface area contributed by atoms with Gasteiger partial charge in [-0.05, 0) is 31.2 Å². The molecule has 0 bridgehead atoms. The molecule has 4 nitrogen and oxygen atoms in total. The van der Waals surface area contributed by atoms with Crippen molar-refractivity contribution in [1.82, 2.24) is 10.9 Å². The number of hydrogen-bond donors (Lipinski definition) is 2. The highest BCUT2D eigenvalue weighted by atomic mass is 16.2. The molecule has 1 fully saturated rings. The number of nitrogens with zero attached hydrogens (tertiary/aromatic N) is 1. The number of carbonyl (C=O) groups is 1. The second kappa shape index (κ2) is 6.29. The zero-order valence-corrected chi connectivity index (χ0v) is 12.4. The smallest absolute Gasteiger partial charge is 0.266 e. The Balaban J connectivity index is 1.60. The fourth-order valence-electron chi connectivity index (χ4n) is 3.28. The summed E-state index contributed by atoms with van der Waals surface area (Å²) in [6.45, 7) is 0. The van der Waals surface area contributed by atoms with E-state index in [1.807, 2.05) is 6.07 Å². The van der Waals surface area contributed by atoms with Crippen LogP contribution in [0.4, 0.5) is 0 Å². The molecule has 0 saturated heterocycles. The standard InChI is InChI=1S/C17H23N3O/c21-16-17(12-5-2-6-13-17)18-15(19-20-16)11-7-10-14-8-3-1-4-9-14/h1,3-4,8-9H,2,5-7,10-13H2,(H,18,19)(H,20,21). The van der Waals surface area contributed by atoms with Crippen molar-refractivity contribution in [2.45, 2.75) is 56.9 Å². The number of aliphatic imine (C=N–C) groups is 1. The van der Waals surface area contributed by atoms with E-state index in [0.29, 0.717) is 0 Å². The van der Waals surface area contributed by atoms with Gasteiger partial charge in [0.1, 0.15) is 11.4 Å². The average molecular weight is 285 g/mol. The van der Waals surface area contributed by atoms with E-state index in [9.17, 15) is 4.79 Å². The Bertz CT molecular complexity index is 518. The number of rotatable bonds is 4. The fraction of sp³-hybridized carbons (Fsp3) is 0.529. The lowest BCUT2D eigenvalue weighted by molar-refractivity contribution is -0.128. The van der Waals surface area contributed by atoms with Gasteiger partial charge in [-0.3, -0.25) is 20.6 Å². The molecule has 0 unspecified atom stereocenters. The van der Waals surface area contributed by atoms with E-state index in [1.54, 1.807) is 0 Å². The van der Waals surface area contributed by atoms with E-state index in [2.05, 4.69) is 35.1 Å². The number of amidine groups is 1. The van der Waals surface area contributed by atoms with Crippen LogP contribution < -0.4 is 10.9 Å². The minimum Gasteiger partial charge on any atom is -0.286 e. The average Bonchev–Trinajstić information content (AvgIpc) is 2.53. The molecule has 0 radical (unpaired) electrons. The Morgan fingerprint density at radius 1 is 1.00 bits per heavy atom. The van der Waals surface area contributed by atoms with Crippen LogP contribution in [0.25, 0.3) is 0 Å². The van der Waals surface area contributed by atoms with E-state index in [1.165, 1.54) is 12.0 Å². The topological polar surface area (TPSA) is 53.5 Å². The molecular formula is C17H23N3O. The molecule has 1 aromatic carbocycles. The normalized spacial score (nSPS) is 20.6. The number of amides is 1. The number of nitrogens with one attached hydrogen (secondary N) is 2. The summed E-state index contributed by atoms with van der Waals surface area (Å²) in [6.07, 6.45) is 8.19. The number of carbonyl (C=O) groups excluding carboxylic acids is 1. The van der Waals surface area contributed by atoms with E-state index < -0.39 is 5.54 Å². The van der Waals surface area contributed by atoms with Gasteiger partial charge in [0, 0.05) is 6.42 Å². The first-order chi connectivity index (χ1) is 10.3. The molecule has 1 aromatic rings. The summed E-state index contributed by atoms with van der Waals surface area (Å²) in [5, 5.41) is 0. The van der Waals surface area contributed by atoms with Gasteiger partial charge in [0.2, 0.25) is 0 Å². The van der Waals surface area contributed by atoms with Gasteiger partial charge in [-0.25, -0.2) is 0 Å². The minimum absolute atomic E-state index is 0.0500. The maximum Gasteiger partial charge on any atom is 0.266 e. The highest BCUT2D eigenvalue weighted by Crippen LogP contribution is 2.33. The molecule has 3 rings (SSSR count). The summed E-state index contributed by atoms with van der Waals surface area (Å²) >= 11 is 0. The van der Waals surface area contributed by atoms with Crippen molar-refractivity contribution >= 4 is 11.7 Å². The summed E-state index contributed by atoms with van der Waals surface area (Å²) < 4.78 is 0. The third-order valence-corrected chi connectivity index (χ3v) is 4.49. The SMILES string of the molecule is O=C1NNC(CCCc2ccccc2)=NC12CCCCC2. The molecule has 0 aromatic heterocycles. The Hall–Kier alpha value is -1.84. The van der Waals surface area contributed by atoms with Crippen molar-refractivity contribution in [3.63, 3.8) is 0 Å². The van der Waals surface area contributed by atoms with E-state index in [0.717, 1.165) is 50.8 Å². The molecule has 112 valence electrons. The molecule has 2 aliphatic rings. The molecule has 2 N–H and O–H groups in total. The quantitative estimate of drug-likeness (QED) is 0.893. The summed E-state index contributed by atoms with van der Waals surface area (Å²) in [7, 11) is 0. The lowest BCUT2D eigenvalue weighted by atomic mass is 9.81. The second-order valence-electron chi connectivity index (χ2n) is 6.07. The van der Waals surface area contributed by atoms with Gasteiger partial charge in [0.15, 0.2) is 0 Å². The van der Waals surface area contributed by atoms with Gasteiger partial charge in [-0.2, -0.15) is 0 Å². The molecule has 1 saturated carbocycles. The van der Waals surface area contributed by atoms with Crippen LogP contribution in [0.5, 0.6) is 0 Å². The van der Waals surface area contributed by atoms with Crippen LogP contribution in [0, 0.1) is 0 Å². The summed E-state index contributed by atoms with van der Waals surface area (Å²) in [5.74, 6) is 0.987. The molecular weight excluding hydrogens is 262 g/mol. The predicted octanol–water partition coefficient (Wildman–Crippen LogP) is 2.75. The van der Waals surface area contributed by atoms with E-state index in [-0.39, 0.29) is 5.91 Å². The lowest BCUT2D eigenvalue weighted by Crippen LogP contribution is -2.58. The third kappa shape index (κ3) is 3.26. The number of hydrazine groups is 1. The van der Waals surface area contributed by atoms with Gasteiger partial charge >= 0.3 is 0 Å². The van der Waals surface area contributed by atoms with E-state index in [4.69, 9.17) is 4.99 Å². The monoisotopic (exact) mass is 285 g/mol. The summed E-state index contributed by atoms with van der Waals surface area (Å²) in [6, 6.07) is 10.5. The molecule has 1 heterocycles. The highest BCUT2D eigenvalue weighted by Gasteiger charge is 2.41. The maximum absolute atomic E-state index is 12.1. The van der Waals surface area contributed by atoms with Crippen LogP contribution in [0.1, 0.15) is 50.5 Å². The summed E-state index contributed by atoms with van der Waals surface area (Å²) in [4.78, 5) is 16.9. The molecule has 1 spiro atoms. The molecule has 4 heteroatoms. The van der Waals surface area contributed by atoms with Gasteiger partial charge in [-0.15, -0.1) is 0 Å². The van der Waals surface area contributed by atoms with Gasteiger partial charge < -0.3 is 0 Å². The number of benzene rings is 1. The second-order valence-corrected chi connectivity index (χ2v) is 6.07. The number of hydrogen-bond acceptors (Lipinski definition) is 3. The van der Waals surface area contributed by atoms with Crippen molar-refractivity contribution in [1.29, 1.82) is 0 Å². The van der Waals surface area contributed by atoms with Crippen LogP contribution in [0.2, 0.25) is 0 Å². The Kier molecular flexibility index (Phi) is 4.23. The summed E-state index contributed by atoms with van der Waals surface area (Å²) in [5.41, 5.74) is 6.67. The van der Waals surface area contributed by atoms with Gasteiger partial charge in [0.05, 0.1) is 0 Å². The zero-order chi connectivity index (χ0) is 14.5. The highest BCUT2D eigenvalue weighted by molar-refractivity contribution is 5.96. The number of aryl methyl sites for hydroxylation is 1. The van der Waals surface area contributed by atoms with Crippen LogP contribution in [-0.4, -0.2) is 17.3 Å². The molecule has 0 atom stereocenters. The van der Waals surface area contributed by atoms with Crippen LogP contribution in [0.3, 0.4) is 0 Å². The molecule has 1 aliphatic carbocycles. The maximum atomic E-state index is 12.1. The zero-order valence-electron chi connectivity index (χ0n) is 12.4. The van der Waals surface area contributed by atoms with Crippen molar-refractivity contribution < 1.29 is 4.79 Å². The Morgan fingerprint density at radius 3 is 2.52 bits per heavy atom. The van der Waals surface area contributed by atoms with Crippen LogP contribution in [-0.2, 0) is 11.2 Å².